The summed E-state index contributed by atoms with van der Waals surface area (Å²) in [5.74, 6) is -0.437. The molecular formula is C17H15ClN4O2S. The predicted octanol–water partition coefficient (Wildman–Crippen LogP) is 3.58. The molecule has 0 bridgehead atoms. The molecule has 0 spiro atoms. The summed E-state index contributed by atoms with van der Waals surface area (Å²) in [6, 6.07) is 10.6. The van der Waals surface area contributed by atoms with Crippen LogP contribution in [0.25, 0.3) is 11.0 Å². The fourth-order valence-corrected chi connectivity index (χ4v) is 3.16. The van der Waals surface area contributed by atoms with E-state index in [9.17, 15) is 9.59 Å². The van der Waals surface area contributed by atoms with Crippen LogP contribution in [-0.2, 0) is 11.3 Å². The maximum Gasteiger partial charge on any atom is 0.255 e. The number of halogens is 1. The second-order valence-corrected chi connectivity index (χ2v) is 6.56. The second kappa shape index (κ2) is 7.16. The number of anilines is 1. The SMILES string of the molecule is CC(=O)Nc1ccc(Cl)c(C(=O)N(C)Cc2ccc3nsnc3c2)c1. The number of carbonyl (C=O) groups is 2. The summed E-state index contributed by atoms with van der Waals surface area (Å²) in [4.78, 5) is 25.5. The molecule has 6 nitrogen and oxygen atoms in total. The van der Waals surface area contributed by atoms with E-state index in [0.29, 0.717) is 22.8 Å². The van der Waals surface area contributed by atoms with Gasteiger partial charge in [-0.1, -0.05) is 17.7 Å². The normalized spacial score (nSPS) is 10.7. The van der Waals surface area contributed by atoms with Crippen molar-refractivity contribution in [2.75, 3.05) is 12.4 Å². The highest BCUT2D eigenvalue weighted by Gasteiger charge is 2.17. The van der Waals surface area contributed by atoms with Crippen LogP contribution in [0.3, 0.4) is 0 Å². The number of aromatic nitrogens is 2. The number of nitrogens with zero attached hydrogens (tertiary/aromatic N) is 3. The average Bonchev–Trinajstić information content (AvgIpc) is 3.03. The molecule has 8 heteroatoms. The standard InChI is InChI=1S/C17H15ClN4O2S/c1-10(23)19-12-4-5-14(18)13(8-12)17(24)22(2)9-11-3-6-15-16(7-11)21-25-20-15/h3-8H,9H2,1-2H3,(H,19,23). The molecule has 3 rings (SSSR count). The minimum Gasteiger partial charge on any atom is -0.337 e. The number of amides is 2. The molecule has 0 aliphatic heterocycles. The number of hydrogen-bond acceptors (Lipinski definition) is 5. The van der Waals surface area contributed by atoms with Crippen molar-refractivity contribution >= 4 is 51.9 Å². The van der Waals surface area contributed by atoms with Crippen LogP contribution in [0.15, 0.2) is 36.4 Å². The fraction of sp³-hybridized carbons (Fsp3) is 0.176. The van der Waals surface area contributed by atoms with Gasteiger partial charge < -0.3 is 10.2 Å². The van der Waals surface area contributed by atoms with E-state index in [1.807, 2.05) is 18.2 Å². The van der Waals surface area contributed by atoms with Crippen molar-refractivity contribution in [3.63, 3.8) is 0 Å². The molecule has 1 heterocycles. The molecular weight excluding hydrogens is 360 g/mol. The Morgan fingerprint density at radius 1 is 1.16 bits per heavy atom. The lowest BCUT2D eigenvalue weighted by Gasteiger charge is -2.18. The van der Waals surface area contributed by atoms with Gasteiger partial charge in [0.05, 0.1) is 22.3 Å². The van der Waals surface area contributed by atoms with E-state index in [4.69, 9.17) is 11.6 Å². The molecule has 0 aliphatic rings. The van der Waals surface area contributed by atoms with Gasteiger partial charge in [-0.15, -0.1) is 0 Å². The molecule has 3 aromatic rings. The van der Waals surface area contributed by atoms with Gasteiger partial charge in [0.2, 0.25) is 5.91 Å². The first kappa shape index (κ1) is 17.3. The monoisotopic (exact) mass is 374 g/mol. The molecule has 0 unspecified atom stereocenters. The third kappa shape index (κ3) is 3.94. The first-order chi connectivity index (χ1) is 11.9. The van der Waals surface area contributed by atoms with Crippen LogP contribution in [0.4, 0.5) is 5.69 Å². The van der Waals surface area contributed by atoms with E-state index < -0.39 is 0 Å². The number of nitrogens with one attached hydrogen (secondary N) is 1. The molecule has 1 N–H and O–H groups in total. The largest absolute Gasteiger partial charge is 0.337 e. The minimum atomic E-state index is -0.228. The number of hydrogen-bond donors (Lipinski definition) is 1. The van der Waals surface area contributed by atoms with E-state index in [1.54, 1.807) is 30.1 Å². The van der Waals surface area contributed by atoms with Gasteiger partial charge in [-0.25, -0.2) is 0 Å². The number of benzene rings is 2. The predicted molar refractivity (Wildman–Crippen MR) is 99.0 cm³/mol. The summed E-state index contributed by atoms with van der Waals surface area (Å²) in [5, 5.41) is 2.99. The van der Waals surface area contributed by atoms with E-state index in [1.165, 1.54) is 6.92 Å². The van der Waals surface area contributed by atoms with Crippen molar-refractivity contribution in [1.82, 2.24) is 13.6 Å². The van der Waals surface area contributed by atoms with Gasteiger partial charge in [-0.05, 0) is 35.9 Å². The molecule has 25 heavy (non-hydrogen) atoms. The number of carbonyl (C=O) groups excluding carboxylic acids is 2. The first-order valence-corrected chi connectivity index (χ1v) is 8.58. The van der Waals surface area contributed by atoms with Gasteiger partial charge in [-0.2, -0.15) is 8.75 Å². The van der Waals surface area contributed by atoms with Crippen LogP contribution < -0.4 is 5.32 Å². The minimum absolute atomic E-state index is 0.209. The quantitative estimate of drug-likeness (QED) is 0.757. The Kier molecular flexibility index (Phi) is 4.96. The third-order valence-corrected chi connectivity index (χ3v) is 4.49. The maximum atomic E-state index is 12.7. The van der Waals surface area contributed by atoms with Crippen LogP contribution in [0.1, 0.15) is 22.8 Å². The van der Waals surface area contributed by atoms with Gasteiger partial charge in [0.25, 0.3) is 5.91 Å². The average molecular weight is 375 g/mol. The highest BCUT2D eigenvalue weighted by atomic mass is 35.5. The smallest absolute Gasteiger partial charge is 0.255 e. The Bertz CT molecular complexity index is 957. The van der Waals surface area contributed by atoms with Crippen LogP contribution in [0.2, 0.25) is 5.02 Å². The number of fused-ring (bicyclic) bond motifs is 1. The van der Waals surface area contributed by atoms with Crippen LogP contribution >= 0.6 is 23.3 Å². The van der Waals surface area contributed by atoms with Crippen molar-refractivity contribution in [2.24, 2.45) is 0 Å². The van der Waals surface area contributed by atoms with Crippen molar-refractivity contribution in [3.8, 4) is 0 Å². The van der Waals surface area contributed by atoms with E-state index >= 15 is 0 Å². The Labute approximate surface area is 153 Å². The Morgan fingerprint density at radius 3 is 2.68 bits per heavy atom. The molecule has 0 saturated heterocycles. The van der Waals surface area contributed by atoms with Crippen molar-refractivity contribution in [2.45, 2.75) is 13.5 Å². The van der Waals surface area contributed by atoms with Crippen molar-refractivity contribution in [3.05, 3.63) is 52.5 Å². The van der Waals surface area contributed by atoms with Crippen LogP contribution in [0, 0.1) is 0 Å². The zero-order valence-electron chi connectivity index (χ0n) is 13.6. The summed E-state index contributed by atoms with van der Waals surface area (Å²) < 4.78 is 8.37. The second-order valence-electron chi connectivity index (χ2n) is 5.62. The Hall–Kier alpha value is -2.51. The van der Waals surface area contributed by atoms with Gasteiger partial charge in [-0.3, -0.25) is 9.59 Å². The Balaban J connectivity index is 1.80. The van der Waals surface area contributed by atoms with Crippen LogP contribution in [0.5, 0.6) is 0 Å². The summed E-state index contributed by atoms with van der Waals surface area (Å²) in [6.07, 6.45) is 0. The summed E-state index contributed by atoms with van der Waals surface area (Å²) in [6.45, 7) is 1.82. The van der Waals surface area contributed by atoms with E-state index in [0.717, 1.165) is 28.3 Å². The molecule has 0 saturated carbocycles. The molecule has 0 fully saturated rings. The highest BCUT2D eigenvalue weighted by Crippen LogP contribution is 2.23. The van der Waals surface area contributed by atoms with Crippen molar-refractivity contribution in [1.29, 1.82) is 0 Å². The fourth-order valence-electron chi connectivity index (χ4n) is 2.45. The third-order valence-electron chi connectivity index (χ3n) is 3.60. The molecule has 128 valence electrons. The van der Waals surface area contributed by atoms with Crippen molar-refractivity contribution < 1.29 is 9.59 Å². The summed E-state index contributed by atoms with van der Waals surface area (Å²) in [7, 11) is 1.70. The lowest BCUT2D eigenvalue weighted by Crippen LogP contribution is -2.26. The molecule has 2 aromatic carbocycles. The first-order valence-electron chi connectivity index (χ1n) is 7.48. The molecule has 0 radical (unpaired) electrons. The van der Waals surface area contributed by atoms with E-state index in [-0.39, 0.29) is 11.8 Å². The van der Waals surface area contributed by atoms with E-state index in [2.05, 4.69) is 14.1 Å². The van der Waals surface area contributed by atoms with Gasteiger partial charge in [0.15, 0.2) is 0 Å². The molecule has 1 aromatic heterocycles. The molecule has 0 aliphatic carbocycles. The zero-order valence-corrected chi connectivity index (χ0v) is 15.2. The summed E-state index contributed by atoms with van der Waals surface area (Å²) in [5.41, 5.74) is 3.48. The molecule has 0 atom stereocenters. The number of rotatable bonds is 4. The Morgan fingerprint density at radius 2 is 1.92 bits per heavy atom. The molecule has 2 amide bonds. The lowest BCUT2D eigenvalue weighted by atomic mass is 10.1. The summed E-state index contributed by atoms with van der Waals surface area (Å²) >= 11 is 7.32. The lowest BCUT2D eigenvalue weighted by molar-refractivity contribution is -0.114. The highest BCUT2D eigenvalue weighted by molar-refractivity contribution is 7.00. The van der Waals surface area contributed by atoms with Gasteiger partial charge in [0, 0.05) is 26.2 Å². The van der Waals surface area contributed by atoms with Gasteiger partial charge in [0.1, 0.15) is 11.0 Å². The zero-order chi connectivity index (χ0) is 18.0. The van der Waals surface area contributed by atoms with Crippen LogP contribution in [-0.4, -0.2) is 32.5 Å². The van der Waals surface area contributed by atoms with Gasteiger partial charge >= 0.3 is 0 Å². The topological polar surface area (TPSA) is 75.2 Å². The maximum absolute atomic E-state index is 12.7.